The van der Waals surface area contributed by atoms with E-state index < -0.39 is 17.9 Å². The summed E-state index contributed by atoms with van der Waals surface area (Å²) in [6.45, 7) is 0.354. The summed E-state index contributed by atoms with van der Waals surface area (Å²) in [5.74, 6) is -0.411. The van der Waals surface area contributed by atoms with Crippen LogP contribution in [-0.2, 0) is 4.79 Å². The number of ether oxygens (including phenoxy) is 1. The van der Waals surface area contributed by atoms with Crippen LogP contribution >= 0.6 is 11.6 Å². The molecule has 1 heterocycles. The van der Waals surface area contributed by atoms with Gasteiger partial charge in [-0.1, -0.05) is 17.7 Å². The largest absolute Gasteiger partial charge is 0.497 e. The summed E-state index contributed by atoms with van der Waals surface area (Å²) in [5.41, 5.74) is 1.15. The van der Waals surface area contributed by atoms with E-state index in [9.17, 15) is 14.0 Å². The number of carbonyl (C=O) groups excluding carboxylic acids is 2. The van der Waals surface area contributed by atoms with E-state index in [0.29, 0.717) is 23.0 Å². The highest BCUT2D eigenvalue weighted by Crippen LogP contribution is 2.32. The van der Waals surface area contributed by atoms with Crippen molar-refractivity contribution in [2.24, 2.45) is 0 Å². The van der Waals surface area contributed by atoms with Crippen LogP contribution in [0.1, 0.15) is 11.5 Å². The fourth-order valence-corrected chi connectivity index (χ4v) is 3.16. The van der Waals surface area contributed by atoms with Crippen LogP contribution in [0.3, 0.4) is 0 Å². The maximum Gasteiger partial charge on any atom is 0.319 e. The van der Waals surface area contributed by atoms with Crippen molar-refractivity contribution in [3.8, 4) is 5.75 Å². The number of carbonyl (C=O) groups is 2. The van der Waals surface area contributed by atoms with Crippen LogP contribution in [0, 0.1) is 5.82 Å². The van der Waals surface area contributed by atoms with Crippen LogP contribution in [0.4, 0.5) is 14.9 Å². The molecule has 1 aliphatic heterocycles. The van der Waals surface area contributed by atoms with E-state index in [-0.39, 0.29) is 11.8 Å². The minimum Gasteiger partial charge on any atom is -0.497 e. The molecule has 3 rings (SSSR count). The predicted octanol–water partition coefficient (Wildman–Crippen LogP) is 2.89. The molecule has 1 saturated heterocycles. The Morgan fingerprint density at radius 1 is 1.27 bits per heavy atom. The lowest BCUT2D eigenvalue weighted by atomic mass is 9.94. The molecule has 136 valence electrons. The van der Waals surface area contributed by atoms with Gasteiger partial charge in [-0.2, -0.15) is 0 Å². The Balaban J connectivity index is 1.73. The molecule has 2 aromatic rings. The van der Waals surface area contributed by atoms with Gasteiger partial charge in [0.2, 0.25) is 5.91 Å². The molecule has 3 N–H and O–H groups in total. The van der Waals surface area contributed by atoms with Crippen molar-refractivity contribution in [2.75, 3.05) is 19.0 Å². The number of amides is 3. The highest BCUT2D eigenvalue weighted by Gasteiger charge is 2.37. The molecule has 2 atom stereocenters. The van der Waals surface area contributed by atoms with Gasteiger partial charge in [0.1, 0.15) is 17.6 Å². The number of hydrogen-bond donors (Lipinski definition) is 3. The van der Waals surface area contributed by atoms with Gasteiger partial charge in [0.05, 0.1) is 7.11 Å². The molecule has 0 aliphatic carbocycles. The molecule has 0 bridgehead atoms. The summed E-state index contributed by atoms with van der Waals surface area (Å²) in [5, 5.41) is 8.41. The van der Waals surface area contributed by atoms with Crippen LogP contribution in [0.15, 0.2) is 42.5 Å². The molecule has 26 heavy (non-hydrogen) atoms. The first kappa shape index (κ1) is 18.0. The number of anilines is 1. The standard InChI is InChI=1S/C18H17ClFN3O3/c1-26-12-6-7-13(15(19)8-12)14-9-21-17(24)16(14)23-18(25)22-11-4-2-10(20)3-5-11/h2-8,14,16H,9H2,1H3,(H,21,24)(H2,22,23,25). The molecule has 2 aromatic carbocycles. The fourth-order valence-electron chi connectivity index (χ4n) is 2.85. The summed E-state index contributed by atoms with van der Waals surface area (Å²) in [6.07, 6.45) is 0. The molecular formula is C18H17ClFN3O3. The zero-order valence-corrected chi connectivity index (χ0v) is 14.6. The first-order valence-electron chi connectivity index (χ1n) is 7.92. The van der Waals surface area contributed by atoms with E-state index in [1.807, 2.05) is 0 Å². The topological polar surface area (TPSA) is 79.5 Å². The third-order valence-corrected chi connectivity index (χ3v) is 4.50. The maximum absolute atomic E-state index is 12.9. The van der Waals surface area contributed by atoms with E-state index in [1.165, 1.54) is 31.4 Å². The first-order valence-corrected chi connectivity index (χ1v) is 8.30. The molecule has 8 heteroatoms. The Morgan fingerprint density at radius 3 is 2.65 bits per heavy atom. The molecule has 0 spiro atoms. The first-order chi connectivity index (χ1) is 12.5. The van der Waals surface area contributed by atoms with Gasteiger partial charge >= 0.3 is 6.03 Å². The van der Waals surface area contributed by atoms with Gasteiger partial charge in [-0.3, -0.25) is 4.79 Å². The second kappa shape index (κ2) is 7.61. The molecule has 0 radical (unpaired) electrons. The third-order valence-electron chi connectivity index (χ3n) is 4.18. The number of nitrogens with one attached hydrogen (secondary N) is 3. The van der Waals surface area contributed by atoms with Crippen LogP contribution in [0.25, 0.3) is 0 Å². The molecule has 0 aromatic heterocycles. The summed E-state index contributed by atoms with van der Waals surface area (Å²) in [6, 6.07) is 9.18. The molecule has 3 amide bonds. The minimum atomic E-state index is -0.777. The molecule has 6 nitrogen and oxygen atoms in total. The van der Waals surface area contributed by atoms with Gasteiger partial charge < -0.3 is 20.7 Å². The molecule has 1 fully saturated rings. The van der Waals surface area contributed by atoms with Crippen molar-refractivity contribution in [1.29, 1.82) is 0 Å². The second-order valence-electron chi connectivity index (χ2n) is 5.82. The third kappa shape index (κ3) is 3.88. The van der Waals surface area contributed by atoms with Crippen molar-refractivity contribution in [2.45, 2.75) is 12.0 Å². The van der Waals surface area contributed by atoms with Gasteiger partial charge in [0, 0.05) is 23.2 Å². The Morgan fingerprint density at radius 2 is 2.00 bits per heavy atom. The summed E-state index contributed by atoms with van der Waals surface area (Å²) in [4.78, 5) is 24.4. The Bertz CT molecular complexity index is 829. The molecule has 2 unspecified atom stereocenters. The van der Waals surface area contributed by atoms with E-state index in [2.05, 4.69) is 16.0 Å². The van der Waals surface area contributed by atoms with E-state index in [1.54, 1.807) is 18.2 Å². The number of halogens is 2. The van der Waals surface area contributed by atoms with E-state index >= 15 is 0 Å². The van der Waals surface area contributed by atoms with Crippen LogP contribution < -0.4 is 20.7 Å². The number of hydrogen-bond acceptors (Lipinski definition) is 3. The summed E-state index contributed by atoms with van der Waals surface area (Å²) >= 11 is 6.30. The lowest BCUT2D eigenvalue weighted by molar-refractivity contribution is -0.120. The van der Waals surface area contributed by atoms with Crippen molar-refractivity contribution in [1.82, 2.24) is 10.6 Å². The van der Waals surface area contributed by atoms with Gasteiger partial charge in [0.15, 0.2) is 0 Å². The van der Waals surface area contributed by atoms with Gasteiger partial charge in [-0.25, -0.2) is 9.18 Å². The van der Waals surface area contributed by atoms with Gasteiger partial charge in [-0.05, 0) is 42.0 Å². The normalized spacial score (nSPS) is 19.0. The lowest BCUT2D eigenvalue weighted by Crippen LogP contribution is -2.44. The number of urea groups is 1. The Labute approximate surface area is 154 Å². The van der Waals surface area contributed by atoms with Crippen LogP contribution in [-0.4, -0.2) is 31.6 Å². The molecular weight excluding hydrogens is 361 g/mol. The Kier molecular flexibility index (Phi) is 5.27. The van der Waals surface area contributed by atoms with E-state index in [0.717, 1.165) is 5.56 Å². The highest BCUT2D eigenvalue weighted by atomic mass is 35.5. The average molecular weight is 378 g/mol. The minimum absolute atomic E-state index is 0.295. The van der Waals surface area contributed by atoms with Crippen LogP contribution in [0.2, 0.25) is 5.02 Å². The van der Waals surface area contributed by atoms with Crippen molar-refractivity contribution >= 4 is 29.2 Å². The monoisotopic (exact) mass is 377 g/mol. The Hall–Kier alpha value is -2.80. The molecule has 1 aliphatic rings. The van der Waals surface area contributed by atoms with Gasteiger partial charge in [0.25, 0.3) is 0 Å². The fraction of sp³-hybridized carbons (Fsp3) is 0.222. The lowest BCUT2D eigenvalue weighted by Gasteiger charge is -2.20. The van der Waals surface area contributed by atoms with Gasteiger partial charge in [-0.15, -0.1) is 0 Å². The SMILES string of the molecule is COc1ccc(C2CNC(=O)C2NC(=O)Nc2ccc(F)cc2)c(Cl)c1. The number of methoxy groups -OCH3 is 1. The number of rotatable bonds is 4. The highest BCUT2D eigenvalue weighted by molar-refractivity contribution is 6.31. The maximum atomic E-state index is 12.9. The predicted molar refractivity (Wildman–Crippen MR) is 96.1 cm³/mol. The average Bonchev–Trinajstić information content (AvgIpc) is 2.97. The van der Waals surface area contributed by atoms with Crippen molar-refractivity contribution in [3.05, 3.63) is 58.9 Å². The van der Waals surface area contributed by atoms with Crippen molar-refractivity contribution in [3.63, 3.8) is 0 Å². The zero-order chi connectivity index (χ0) is 18.7. The smallest absolute Gasteiger partial charge is 0.319 e. The quantitative estimate of drug-likeness (QED) is 0.766. The summed E-state index contributed by atoms with van der Waals surface area (Å²) in [7, 11) is 1.54. The summed E-state index contributed by atoms with van der Waals surface area (Å²) < 4.78 is 18.1. The molecule has 0 saturated carbocycles. The van der Waals surface area contributed by atoms with Crippen molar-refractivity contribution < 1.29 is 18.7 Å². The zero-order valence-electron chi connectivity index (χ0n) is 13.9. The van der Waals surface area contributed by atoms with E-state index in [4.69, 9.17) is 16.3 Å². The second-order valence-corrected chi connectivity index (χ2v) is 6.23. The number of benzene rings is 2. The van der Waals surface area contributed by atoms with Crippen LogP contribution in [0.5, 0.6) is 5.75 Å².